The van der Waals surface area contributed by atoms with Gasteiger partial charge in [-0.15, -0.1) is 21.8 Å². The largest absolute Gasteiger partial charge is 0.378 e. The van der Waals surface area contributed by atoms with Crippen LogP contribution in [0.5, 0.6) is 0 Å². The Morgan fingerprint density at radius 3 is 2.17 bits per heavy atom. The minimum atomic E-state index is -0.921. The summed E-state index contributed by atoms with van der Waals surface area (Å²) in [4.78, 5) is 28.2. The molecule has 36 heavy (non-hydrogen) atoms. The number of carbonyl (C=O) groups excluding carboxylic acids is 2. The number of benzene rings is 3. The zero-order chi connectivity index (χ0) is 25.5. The molecule has 0 aliphatic rings. The molecule has 4 aromatic rings. The van der Waals surface area contributed by atoms with Crippen LogP contribution >= 0.6 is 22.9 Å². The fourth-order valence-corrected chi connectivity index (χ4v) is 4.52. The fourth-order valence-electron chi connectivity index (χ4n) is 3.56. The predicted molar refractivity (Wildman–Crippen MR) is 145 cm³/mol. The summed E-state index contributed by atoms with van der Waals surface area (Å²) in [5.41, 5.74) is 3.54. The average molecular weight is 520 g/mol. The van der Waals surface area contributed by atoms with Gasteiger partial charge in [-0.25, -0.2) is 0 Å². The van der Waals surface area contributed by atoms with Crippen molar-refractivity contribution >= 4 is 45.6 Å². The number of carbonyl (C=O) groups is 2. The van der Waals surface area contributed by atoms with E-state index in [1.54, 1.807) is 12.1 Å². The van der Waals surface area contributed by atoms with E-state index in [-0.39, 0.29) is 0 Å². The number of nitrogens with one attached hydrogen (secondary N) is 2. The molecule has 1 aromatic heterocycles. The molecule has 0 aliphatic carbocycles. The van der Waals surface area contributed by atoms with Crippen LogP contribution in [0.2, 0.25) is 0 Å². The van der Waals surface area contributed by atoms with E-state index in [2.05, 4.69) is 20.8 Å². The van der Waals surface area contributed by atoms with Crippen molar-refractivity contribution in [3.05, 3.63) is 96.1 Å². The molecule has 2 N–H and O–H groups in total. The lowest BCUT2D eigenvalue weighted by Gasteiger charge is -2.20. The third kappa shape index (κ3) is 6.47. The monoisotopic (exact) mass is 519 g/mol. The molecule has 3 aromatic carbocycles. The van der Waals surface area contributed by atoms with E-state index >= 15 is 0 Å². The molecule has 2 unspecified atom stereocenters. The SMILES string of the molecule is CN(C)c1ccc(-c2nnc(NC(=O)C(Cc3ccccc3)NC(=O)C(Cl)c3ccccc3)s2)cc1. The number of aromatic nitrogens is 2. The molecule has 0 bridgehead atoms. The Balaban J connectivity index is 1.48. The molecular weight excluding hydrogens is 494 g/mol. The van der Waals surface area contributed by atoms with Gasteiger partial charge in [0.05, 0.1) is 0 Å². The molecular formula is C27H26ClN5O2S. The van der Waals surface area contributed by atoms with E-state index < -0.39 is 23.2 Å². The maximum absolute atomic E-state index is 13.2. The Labute approximate surface area is 219 Å². The van der Waals surface area contributed by atoms with Crippen molar-refractivity contribution in [2.45, 2.75) is 17.8 Å². The molecule has 0 saturated carbocycles. The van der Waals surface area contributed by atoms with E-state index in [1.807, 2.05) is 91.8 Å². The molecule has 0 spiro atoms. The quantitative estimate of drug-likeness (QED) is 0.307. The number of alkyl halides is 1. The van der Waals surface area contributed by atoms with Crippen LogP contribution < -0.4 is 15.5 Å². The number of rotatable bonds is 9. The minimum Gasteiger partial charge on any atom is -0.378 e. The van der Waals surface area contributed by atoms with Crippen LogP contribution in [0.4, 0.5) is 10.8 Å². The summed E-state index contributed by atoms with van der Waals surface area (Å²) in [6.07, 6.45) is 0.300. The molecule has 7 nitrogen and oxygen atoms in total. The topological polar surface area (TPSA) is 87.2 Å². The van der Waals surface area contributed by atoms with Gasteiger partial charge in [0.15, 0.2) is 0 Å². The highest BCUT2D eigenvalue weighted by molar-refractivity contribution is 7.18. The second-order valence-corrected chi connectivity index (χ2v) is 9.78. The van der Waals surface area contributed by atoms with Crippen molar-refractivity contribution in [3.8, 4) is 10.6 Å². The van der Waals surface area contributed by atoms with Gasteiger partial charge in [0, 0.05) is 31.8 Å². The molecule has 4 rings (SSSR count). The Morgan fingerprint density at radius 2 is 1.53 bits per heavy atom. The average Bonchev–Trinajstić information content (AvgIpc) is 3.37. The molecule has 184 valence electrons. The summed E-state index contributed by atoms with van der Waals surface area (Å²) in [6.45, 7) is 0. The van der Waals surface area contributed by atoms with Crippen molar-refractivity contribution < 1.29 is 9.59 Å². The first kappa shape index (κ1) is 25.3. The number of amides is 2. The van der Waals surface area contributed by atoms with Crippen molar-refractivity contribution in [2.75, 3.05) is 24.3 Å². The van der Waals surface area contributed by atoms with E-state index in [0.717, 1.165) is 16.8 Å². The summed E-state index contributed by atoms with van der Waals surface area (Å²) in [5.74, 6) is -0.840. The lowest BCUT2D eigenvalue weighted by molar-refractivity contribution is -0.126. The second kappa shape index (κ2) is 11.8. The third-order valence-electron chi connectivity index (χ3n) is 5.52. The van der Waals surface area contributed by atoms with E-state index in [9.17, 15) is 9.59 Å². The third-order valence-corrected chi connectivity index (χ3v) is 6.86. The van der Waals surface area contributed by atoms with Gasteiger partial charge in [-0.3, -0.25) is 14.9 Å². The van der Waals surface area contributed by atoms with Crippen LogP contribution in [0.15, 0.2) is 84.9 Å². The van der Waals surface area contributed by atoms with Crippen molar-refractivity contribution in [2.24, 2.45) is 0 Å². The summed E-state index contributed by atoms with van der Waals surface area (Å²) in [7, 11) is 3.95. The Morgan fingerprint density at radius 1 is 0.889 bits per heavy atom. The van der Waals surface area contributed by atoms with Crippen LogP contribution in [0.1, 0.15) is 16.5 Å². The number of halogens is 1. The van der Waals surface area contributed by atoms with E-state index in [1.165, 1.54) is 11.3 Å². The fraction of sp³-hybridized carbons (Fsp3) is 0.185. The van der Waals surface area contributed by atoms with Gasteiger partial charge in [-0.1, -0.05) is 72.0 Å². The molecule has 0 fully saturated rings. The summed E-state index contributed by atoms with van der Waals surface area (Å²) < 4.78 is 0. The molecule has 2 atom stereocenters. The Hall–Kier alpha value is -3.75. The van der Waals surface area contributed by atoms with Crippen LogP contribution in [0.25, 0.3) is 10.6 Å². The summed E-state index contributed by atoms with van der Waals surface area (Å²) in [5, 5.41) is 14.1. The lowest BCUT2D eigenvalue weighted by atomic mass is 10.0. The van der Waals surface area contributed by atoms with Crippen LogP contribution in [0.3, 0.4) is 0 Å². The van der Waals surface area contributed by atoms with Gasteiger partial charge in [-0.2, -0.15) is 0 Å². The summed E-state index contributed by atoms with van der Waals surface area (Å²) in [6, 6.07) is 25.6. The highest BCUT2D eigenvalue weighted by Gasteiger charge is 2.26. The van der Waals surface area contributed by atoms with Crippen molar-refractivity contribution in [1.82, 2.24) is 15.5 Å². The van der Waals surface area contributed by atoms with Gasteiger partial charge in [0.2, 0.25) is 16.9 Å². The minimum absolute atomic E-state index is 0.300. The maximum atomic E-state index is 13.2. The van der Waals surface area contributed by atoms with Gasteiger partial charge in [0.1, 0.15) is 16.4 Å². The molecule has 1 heterocycles. The van der Waals surface area contributed by atoms with Crippen LogP contribution in [0, 0.1) is 0 Å². The lowest BCUT2D eigenvalue weighted by Crippen LogP contribution is -2.46. The molecule has 2 amide bonds. The van der Waals surface area contributed by atoms with E-state index in [0.29, 0.717) is 22.1 Å². The first-order chi connectivity index (χ1) is 17.4. The van der Waals surface area contributed by atoms with Crippen LogP contribution in [-0.4, -0.2) is 42.1 Å². The zero-order valence-electron chi connectivity index (χ0n) is 19.9. The number of hydrogen-bond donors (Lipinski definition) is 2. The highest BCUT2D eigenvalue weighted by atomic mass is 35.5. The number of nitrogens with zero attached hydrogens (tertiary/aromatic N) is 3. The Bertz CT molecular complexity index is 1300. The van der Waals surface area contributed by atoms with Gasteiger partial charge >= 0.3 is 0 Å². The van der Waals surface area contributed by atoms with Crippen molar-refractivity contribution in [3.63, 3.8) is 0 Å². The standard InChI is InChI=1S/C27H26ClN5O2S/c1-33(2)21-15-13-20(14-16-21)26-31-32-27(36-26)30-24(34)22(17-18-9-5-3-6-10-18)29-25(35)23(28)19-11-7-4-8-12-19/h3-16,22-23H,17H2,1-2H3,(H,29,35)(H,30,32,34). The zero-order valence-corrected chi connectivity index (χ0v) is 21.5. The van der Waals surface area contributed by atoms with Gasteiger partial charge in [0.25, 0.3) is 0 Å². The summed E-state index contributed by atoms with van der Waals surface area (Å²) >= 11 is 7.67. The molecule has 9 heteroatoms. The van der Waals surface area contributed by atoms with Gasteiger partial charge < -0.3 is 10.2 Å². The van der Waals surface area contributed by atoms with Gasteiger partial charge in [-0.05, 0) is 35.4 Å². The number of hydrogen-bond acceptors (Lipinski definition) is 6. The molecule has 0 radical (unpaired) electrons. The Kier molecular flexibility index (Phi) is 8.30. The molecule has 0 saturated heterocycles. The highest BCUT2D eigenvalue weighted by Crippen LogP contribution is 2.28. The van der Waals surface area contributed by atoms with E-state index in [4.69, 9.17) is 11.6 Å². The second-order valence-electron chi connectivity index (χ2n) is 8.37. The smallest absolute Gasteiger partial charge is 0.249 e. The van der Waals surface area contributed by atoms with Crippen molar-refractivity contribution in [1.29, 1.82) is 0 Å². The number of anilines is 2. The predicted octanol–water partition coefficient (Wildman–Crippen LogP) is 4.92. The maximum Gasteiger partial charge on any atom is 0.249 e. The van der Waals surface area contributed by atoms with Crippen LogP contribution in [-0.2, 0) is 16.0 Å². The first-order valence-corrected chi connectivity index (χ1v) is 12.6. The first-order valence-electron chi connectivity index (χ1n) is 11.4. The molecule has 0 aliphatic heterocycles. The normalized spacial score (nSPS) is 12.4.